The van der Waals surface area contributed by atoms with Gasteiger partial charge in [-0.1, -0.05) is 36.8 Å². The molecule has 21 heavy (non-hydrogen) atoms. The minimum Gasteiger partial charge on any atom is -0.489 e. The Hall–Kier alpha value is -2.09. The number of ether oxygens (including phenoxy) is 1. The molecule has 0 saturated heterocycles. The Morgan fingerprint density at radius 3 is 2.57 bits per heavy atom. The van der Waals surface area contributed by atoms with Crippen LogP contribution in [0.25, 0.3) is 0 Å². The van der Waals surface area contributed by atoms with Gasteiger partial charge in [-0.05, 0) is 49.6 Å². The monoisotopic (exact) mass is 282 g/mol. The molecule has 0 amide bonds. The third-order valence-electron chi connectivity index (χ3n) is 3.45. The highest BCUT2D eigenvalue weighted by atomic mass is 16.5. The molecule has 0 aromatic heterocycles. The third kappa shape index (κ3) is 4.19. The van der Waals surface area contributed by atoms with Crippen molar-refractivity contribution in [3.05, 3.63) is 64.7 Å². The van der Waals surface area contributed by atoms with E-state index in [1.54, 1.807) is 0 Å². The zero-order valence-corrected chi connectivity index (χ0v) is 13.0. The van der Waals surface area contributed by atoms with Gasteiger partial charge in [0.25, 0.3) is 0 Å². The molecule has 0 aliphatic rings. The van der Waals surface area contributed by atoms with Crippen LogP contribution in [-0.4, -0.2) is 5.78 Å². The summed E-state index contributed by atoms with van der Waals surface area (Å²) in [5, 5.41) is 0. The smallest absolute Gasteiger partial charge is 0.162 e. The van der Waals surface area contributed by atoms with E-state index in [1.165, 1.54) is 5.56 Å². The first kappa shape index (κ1) is 15.3. The molecular weight excluding hydrogens is 260 g/mol. The lowest BCUT2D eigenvalue weighted by Crippen LogP contribution is -2.01. The van der Waals surface area contributed by atoms with Gasteiger partial charge in [-0.15, -0.1) is 0 Å². The molecule has 2 aromatic carbocycles. The Morgan fingerprint density at radius 1 is 1.10 bits per heavy atom. The molecule has 0 N–H and O–H groups in total. The van der Waals surface area contributed by atoms with E-state index in [9.17, 15) is 4.79 Å². The summed E-state index contributed by atoms with van der Waals surface area (Å²) in [5.41, 5.74) is 4.16. The topological polar surface area (TPSA) is 26.3 Å². The lowest BCUT2D eigenvalue weighted by molar-refractivity contribution is 0.0981. The number of aryl methyl sites for hydroxylation is 2. The minimum atomic E-state index is 0.200. The molecular formula is C19H22O2. The Labute approximate surface area is 126 Å². The molecule has 0 atom stereocenters. The van der Waals surface area contributed by atoms with Gasteiger partial charge in [0.15, 0.2) is 5.78 Å². The summed E-state index contributed by atoms with van der Waals surface area (Å²) < 4.78 is 5.86. The maximum atomic E-state index is 11.9. The molecule has 0 saturated carbocycles. The number of carbonyl (C=O) groups is 1. The fourth-order valence-corrected chi connectivity index (χ4v) is 2.32. The van der Waals surface area contributed by atoms with Gasteiger partial charge in [0, 0.05) is 12.0 Å². The Morgan fingerprint density at radius 2 is 1.90 bits per heavy atom. The summed E-state index contributed by atoms with van der Waals surface area (Å²) in [6.07, 6.45) is 1.48. The van der Waals surface area contributed by atoms with Crippen LogP contribution in [0.15, 0.2) is 42.5 Å². The van der Waals surface area contributed by atoms with Crippen molar-refractivity contribution in [3.8, 4) is 5.75 Å². The SMILES string of the molecule is CCCC(=O)c1ccc(OCc2cccc(C)c2)c(C)c1. The van der Waals surface area contributed by atoms with Crippen LogP contribution in [0, 0.1) is 13.8 Å². The summed E-state index contributed by atoms with van der Waals surface area (Å²) in [5.74, 6) is 1.04. The Kier molecular flexibility index (Phi) is 5.15. The summed E-state index contributed by atoms with van der Waals surface area (Å²) in [7, 11) is 0. The first-order chi connectivity index (χ1) is 10.1. The number of carbonyl (C=O) groups excluding carboxylic acids is 1. The molecule has 0 heterocycles. The van der Waals surface area contributed by atoms with E-state index in [1.807, 2.05) is 38.1 Å². The van der Waals surface area contributed by atoms with E-state index < -0.39 is 0 Å². The Bertz CT molecular complexity index is 629. The zero-order chi connectivity index (χ0) is 15.2. The van der Waals surface area contributed by atoms with Crippen molar-refractivity contribution in [1.29, 1.82) is 0 Å². The number of benzene rings is 2. The van der Waals surface area contributed by atoms with Crippen molar-refractivity contribution in [2.75, 3.05) is 0 Å². The van der Waals surface area contributed by atoms with Crippen molar-refractivity contribution >= 4 is 5.78 Å². The predicted octanol–water partition coefficient (Wildman–Crippen LogP) is 4.87. The van der Waals surface area contributed by atoms with Crippen molar-refractivity contribution < 1.29 is 9.53 Å². The standard InChI is InChI=1S/C19H22O2/c1-4-6-18(20)17-9-10-19(15(3)12-17)21-13-16-8-5-7-14(2)11-16/h5,7-12H,4,6,13H2,1-3H3. The highest BCUT2D eigenvalue weighted by Crippen LogP contribution is 2.21. The van der Waals surface area contributed by atoms with E-state index in [0.29, 0.717) is 13.0 Å². The average molecular weight is 282 g/mol. The van der Waals surface area contributed by atoms with Crippen LogP contribution in [0.5, 0.6) is 5.75 Å². The van der Waals surface area contributed by atoms with Gasteiger partial charge < -0.3 is 4.74 Å². The quantitative estimate of drug-likeness (QED) is 0.707. The van der Waals surface area contributed by atoms with Crippen molar-refractivity contribution in [2.24, 2.45) is 0 Å². The second-order valence-electron chi connectivity index (χ2n) is 5.43. The first-order valence-electron chi connectivity index (χ1n) is 7.42. The van der Waals surface area contributed by atoms with E-state index in [-0.39, 0.29) is 5.78 Å². The maximum absolute atomic E-state index is 11.9. The molecule has 2 heteroatoms. The fourth-order valence-electron chi connectivity index (χ4n) is 2.32. The second-order valence-corrected chi connectivity index (χ2v) is 5.43. The van der Waals surface area contributed by atoms with Gasteiger partial charge in [-0.25, -0.2) is 0 Å². The number of ketones is 1. The highest BCUT2D eigenvalue weighted by molar-refractivity contribution is 5.96. The summed E-state index contributed by atoms with van der Waals surface area (Å²) in [4.78, 5) is 11.9. The molecule has 0 radical (unpaired) electrons. The van der Waals surface area contributed by atoms with Crippen molar-refractivity contribution in [2.45, 2.75) is 40.2 Å². The van der Waals surface area contributed by atoms with Crippen LogP contribution in [0.2, 0.25) is 0 Å². The van der Waals surface area contributed by atoms with Gasteiger partial charge >= 0.3 is 0 Å². The number of hydrogen-bond acceptors (Lipinski definition) is 2. The third-order valence-corrected chi connectivity index (χ3v) is 3.45. The van der Waals surface area contributed by atoms with Crippen LogP contribution >= 0.6 is 0 Å². The molecule has 0 unspecified atom stereocenters. The summed E-state index contributed by atoms with van der Waals surface area (Å²) >= 11 is 0. The lowest BCUT2D eigenvalue weighted by atomic mass is 10.0. The first-order valence-corrected chi connectivity index (χ1v) is 7.42. The summed E-state index contributed by atoms with van der Waals surface area (Å²) in [6, 6.07) is 14.0. The van der Waals surface area contributed by atoms with Crippen LogP contribution in [0.3, 0.4) is 0 Å². The second kappa shape index (κ2) is 7.07. The molecule has 2 rings (SSSR count). The van der Waals surface area contributed by atoms with Crippen LogP contribution < -0.4 is 4.74 Å². The Balaban J connectivity index is 2.06. The molecule has 0 bridgehead atoms. The van der Waals surface area contributed by atoms with E-state index in [4.69, 9.17) is 4.74 Å². The number of hydrogen-bond donors (Lipinski definition) is 0. The molecule has 0 spiro atoms. The maximum Gasteiger partial charge on any atom is 0.162 e. The molecule has 0 fully saturated rings. The van der Waals surface area contributed by atoms with Gasteiger partial charge in [-0.2, -0.15) is 0 Å². The fraction of sp³-hybridized carbons (Fsp3) is 0.316. The molecule has 0 aliphatic carbocycles. The number of rotatable bonds is 6. The van der Waals surface area contributed by atoms with E-state index >= 15 is 0 Å². The molecule has 110 valence electrons. The van der Waals surface area contributed by atoms with E-state index in [0.717, 1.165) is 28.9 Å². The minimum absolute atomic E-state index is 0.200. The predicted molar refractivity (Wildman–Crippen MR) is 85.9 cm³/mol. The molecule has 2 nitrogen and oxygen atoms in total. The van der Waals surface area contributed by atoms with Gasteiger partial charge in [-0.3, -0.25) is 4.79 Å². The van der Waals surface area contributed by atoms with Crippen LogP contribution in [0.4, 0.5) is 0 Å². The van der Waals surface area contributed by atoms with Crippen LogP contribution in [0.1, 0.15) is 46.8 Å². The average Bonchev–Trinajstić information content (AvgIpc) is 2.46. The van der Waals surface area contributed by atoms with Crippen molar-refractivity contribution in [3.63, 3.8) is 0 Å². The normalized spacial score (nSPS) is 10.4. The molecule has 2 aromatic rings. The molecule has 0 aliphatic heterocycles. The lowest BCUT2D eigenvalue weighted by Gasteiger charge is -2.11. The van der Waals surface area contributed by atoms with Gasteiger partial charge in [0.2, 0.25) is 0 Å². The largest absolute Gasteiger partial charge is 0.489 e. The van der Waals surface area contributed by atoms with Crippen LogP contribution in [-0.2, 0) is 6.61 Å². The number of Topliss-reactive ketones (excluding diaryl/α,β-unsaturated/α-hetero) is 1. The van der Waals surface area contributed by atoms with Gasteiger partial charge in [0.1, 0.15) is 12.4 Å². The summed E-state index contributed by atoms with van der Waals surface area (Å²) in [6.45, 7) is 6.62. The van der Waals surface area contributed by atoms with Crippen molar-refractivity contribution in [1.82, 2.24) is 0 Å². The van der Waals surface area contributed by atoms with Gasteiger partial charge in [0.05, 0.1) is 0 Å². The zero-order valence-electron chi connectivity index (χ0n) is 13.0. The van der Waals surface area contributed by atoms with E-state index in [2.05, 4.69) is 25.1 Å². The highest BCUT2D eigenvalue weighted by Gasteiger charge is 2.07.